The normalized spacial score (nSPS) is 17.1. The predicted octanol–water partition coefficient (Wildman–Crippen LogP) is 1.79. The first-order valence-corrected chi connectivity index (χ1v) is 10.1. The molecule has 148 valence electrons. The third-order valence-electron chi connectivity index (χ3n) is 4.90. The van der Waals surface area contributed by atoms with Crippen LogP contribution >= 0.6 is 11.3 Å². The van der Waals surface area contributed by atoms with Crippen LogP contribution in [0.25, 0.3) is 0 Å². The minimum absolute atomic E-state index is 0.148. The molecule has 0 saturated heterocycles. The molecule has 1 aromatic heterocycles. The van der Waals surface area contributed by atoms with E-state index in [2.05, 4.69) is 4.98 Å². The molecule has 2 aromatic rings. The summed E-state index contributed by atoms with van der Waals surface area (Å²) in [5, 5.41) is 11.4. The maximum Gasteiger partial charge on any atom is 0.290 e. The molecule has 0 aliphatic carbocycles. The van der Waals surface area contributed by atoms with E-state index in [0.29, 0.717) is 23.7 Å². The lowest BCUT2D eigenvalue weighted by Gasteiger charge is -2.27. The molecule has 2 heterocycles. The van der Waals surface area contributed by atoms with Crippen molar-refractivity contribution in [3.8, 4) is 0 Å². The van der Waals surface area contributed by atoms with Crippen LogP contribution in [-0.4, -0.2) is 53.9 Å². The monoisotopic (exact) mass is 400 g/mol. The molecule has 0 spiro atoms. The number of Topliss-reactive ketones (excluding diaryl/α,β-unsaturated/α-hetero) is 1. The number of aliphatic hydroxyl groups excluding tert-OH is 1. The number of ketones is 1. The maximum atomic E-state index is 13.3. The molecule has 1 aromatic carbocycles. The zero-order valence-corrected chi connectivity index (χ0v) is 17.7. The molecular formula is C21H26N3O3S+. The molecule has 6 nitrogen and oxygen atoms in total. The highest BCUT2D eigenvalue weighted by Gasteiger charge is 2.44. The van der Waals surface area contributed by atoms with Gasteiger partial charge in [-0.25, -0.2) is 4.98 Å². The Morgan fingerprint density at radius 3 is 2.39 bits per heavy atom. The van der Waals surface area contributed by atoms with Crippen LogP contribution in [0, 0.1) is 20.8 Å². The van der Waals surface area contributed by atoms with Crippen molar-refractivity contribution in [3.63, 3.8) is 0 Å². The van der Waals surface area contributed by atoms with Crippen molar-refractivity contribution in [3.05, 3.63) is 62.3 Å². The van der Waals surface area contributed by atoms with E-state index >= 15 is 0 Å². The van der Waals surface area contributed by atoms with Gasteiger partial charge in [-0.1, -0.05) is 29.8 Å². The Bertz CT molecular complexity index is 944. The number of carbonyl (C=O) groups excluding carboxylic acids is 2. The fourth-order valence-corrected chi connectivity index (χ4v) is 4.29. The summed E-state index contributed by atoms with van der Waals surface area (Å²) in [6.45, 7) is 6.76. The van der Waals surface area contributed by atoms with E-state index in [1.165, 1.54) is 16.2 Å². The summed E-state index contributed by atoms with van der Waals surface area (Å²) in [6.07, 6.45) is 0. The molecule has 28 heavy (non-hydrogen) atoms. The number of nitrogens with one attached hydrogen (secondary N) is 1. The number of hydrogen-bond donors (Lipinski definition) is 2. The third-order valence-corrected chi connectivity index (χ3v) is 5.98. The van der Waals surface area contributed by atoms with Crippen LogP contribution in [0.1, 0.15) is 37.5 Å². The standard InChI is InChI=1S/C21H25N3O3S/c1-12-6-8-15(9-7-12)17-16(18(25)20-13(2)22-14(3)28-20)19(26)21(27)24(17)11-10-23(4)5/h6-9,17,26H,10-11H2,1-5H3/p+1/t17-/m0/s1. The highest BCUT2D eigenvalue weighted by atomic mass is 32.1. The second-order valence-corrected chi connectivity index (χ2v) is 8.71. The van der Waals surface area contributed by atoms with Gasteiger partial charge in [-0.15, -0.1) is 11.3 Å². The number of likely N-dealkylation sites (N-methyl/N-ethyl adjacent to an activating group) is 1. The van der Waals surface area contributed by atoms with E-state index in [-0.39, 0.29) is 11.4 Å². The number of aromatic nitrogens is 1. The van der Waals surface area contributed by atoms with Crippen LogP contribution < -0.4 is 4.90 Å². The zero-order chi connectivity index (χ0) is 20.6. The van der Waals surface area contributed by atoms with Crippen LogP contribution in [0.5, 0.6) is 0 Å². The number of rotatable bonds is 6. The third kappa shape index (κ3) is 3.72. The van der Waals surface area contributed by atoms with E-state index in [1.54, 1.807) is 11.8 Å². The summed E-state index contributed by atoms with van der Waals surface area (Å²) in [4.78, 5) is 33.8. The molecule has 0 unspecified atom stereocenters. The Labute approximate surface area is 169 Å². The molecule has 1 atom stereocenters. The maximum absolute atomic E-state index is 13.3. The number of aryl methyl sites for hydroxylation is 3. The van der Waals surface area contributed by atoms with Crippen LogP contribution in [0.3, 0.4) is 0 Å². The Balaban J connectivity index is 2.08. The molecular weight excluding hydrogens is 374 g/mol. The number of thiazole rings is 1. The highest BCUT2D eigenvalue weighted by molar-refractivity contribution is 7.14. The molecule has 0 saturated carbocycles. The lowest BCUT2D eigenvalue weighted by Crippen LogP contribution is -3.06. The Morgan fingerprint density at radius 2 is 1.86 bits per heavy atom. The van der Waals surface area contributed by atoms with Crippen molar-refractivity contribution in [1.82, 2.24) is 9.88 Å². The average molecular weight is 401 g/mol. The summed E-state index contributed by atoms with van der Waals surface area (Å²) >= 11 is 1.29. The fraction of sp³-hybridized carbons (Fsp3) is 0.381. The molecule has 2 N–H and O–H groups in total. The number of nitrogens with zero attached hydrogens (tertiary/aromatic N) is 2. The molecule has 1 aliphatic heterocycles. The number of amides is 1. The van der Waals surface area contributed by atoms with Gasteiger partial charge in [0.05, 0.1) is 54.4 Å². The highest BCUT2D eigenvalue weighted by Crippen LogP contribution is 2.39. The van der Waals surface area contributed by atoms with E-state index in [0.717, 1.165) is 16.1 Å². The number of aliphatic hydroxyl groups is 1. The van der Waals surface area contributed by atoms with Gasteiger partial charge in [0.25, 0.3) is 5.91 Å². The summed E-state index contributed by atoms with van der Waals surface area (Å²) in [6, 6.07) is 7.14. The molecule has 7 heteroatoms. The smallest absolute Gasteiger partial charge is 0.290 e. The second kappa shape index (κ2) is 7.85. The first kappa shape index (κ1) is 20.2. The second-order valence-electron chi connectivity index (χ2n) is 7.51. The van der Waals surface area contributed by atoms with Crippen LogP contribution in [0.15, 0.2) is 35.6 Å². The van der Waals surface area contributed by atoms with Crippen molar-refractivity contribution in [2.75, 3.05) is 27.2 Å². The SMILES string of the molecule is Cc1ccc([C@H]2C(C(=O)c3sc(C)nc3C)=C(O)C(=O)N2CC[NH+](C)C)cc1. The van der Waals surface area contributed by atoms with Crippen molar-refractivity contribution in [2.24, 2.45) is 0 Å². The minimum atomic E-state index is -0.596. The van der Waals surface area contributed by atoms with Gasteiger partial charge in [0, 0.05) is 0 Å². The zero-order valence-electron chi connectivity index (χ0n) is 16.9. The summed E-state index contributed by atoms with van der Waals surface area (Å²) in [7, 11) is 4.01. The molecule has 3 rings (SSSR count). The summed E-state index contributed by atoms with van der Waals surface area (Å²) in [5.74, 6) is -1.26. The lowest BCUT2D eigenvalue weighted by molar-refractivity contribution is -0.857. The summed E-state index contributed by atoms with van der Waals surface area (Å²) < 4.78 is 0. The average Bonchev–Trinajstić information content (AvgIpc) is 3.10. The van der Waals surface area contributed by atoms with Crippen LogP contribution in [0.2, 0.25) is 0 Å². The van der Waals surface area contributed by atoms with E-state index in [1.807, 2.05) is 52.2 Å². The Hall–Kier alpha value is -2.51. The van der Waals surface area contributed by atoms with Gasteiger partial charge in [-0.2, -0.15) is 0 Å². The first-order chi connectivity index (χ1) is 13.2. The predicted molar refractivity (Wildman–Crippen MR) is 109 cm³/mol. The minimum Gasteiger partial charge on any atom is -0.503 e. The van der Waals surface area contributed by atoms with Crippen LogP contribution in [-0.2, 0) is 4.79 Å². The van der Waals surface area contributed by atoms with E-state index < -0.39 is 17.7 Å². The number of benzene rings is 1. The molecule has 1 aliphatic rings. The van der Waals surface area contributed by atoms with E-state index in [4.69, 9.17) is 0 Å². The van der Waals surface area contributed by atoms with E-state index in [9.17, 15) is 14.7 Å². The fourth-order valence-electron chi connectivity index (χ4n) is 3.42. The number of quaternary nitrogens is 1. The number of hydrogen-bond acceptors (Lipinski definition) is 5. The van der Waals surface area contributed by atoms with Crippen molar-refractivity contribution >= 4 is 23.0 Å². The van der Waals surface area contributed by atoms with Gasteiger partial charge in [0.15, 0.2) is 5.76 Å². The van der Waals surface area contributed by atoms with Crippen molar-refractivity contribution in [1.29, 1.82) is 0 Å². The quantitative estimate of drug-likeness (QED) is 0.725. The van der Waals surface area contributed by atoms with Gasteiger partial charge in [0.2, 0.25) is 5.78 Å². The molecule has 0 fully saturated rings. The Morgan fingerprint density at radius 1 is 1.21 bits per heavy atom. The molecule has 1 amide bonds. The Kier molecular flexibility index (Phi) is 5.67. The molecule has 0 bridgehead atoms. The molecule has 0 radical (unpaired) electrons. The first-order valence-electron chi connectivity index (χ1n) is 9.29. The summed E-state index contributed by atoms with van der Waals surface area (Å²) in [5.41, 5.74) is 2.68. The van der Waals surface area contributed by atoms with Crippen LogP contribution in [0.4, 0.5) is 0 Å². The number of carbonyl (C=O) groups is 2. The largest absolute Gasteiger partial charge is 0.503 e. The topological polar surface area (TPSA) is 74.9 Å². The van der Waals surface area contributed by atoms with Gasteiger partial charge in [-0.3, -0.25) is 9.59 Å². The van der Waals surface area contributed by atoms with Gasteiger partial charge < -0.3 is 14.9 Å². The van der Waals surface area contributed by atoms with Gasteiger partial charge in [-0.05, 0) is 26.3 Å². The van der Waals surface area contributed by atoms with Gasteiger partial charge in [0.1, 0.15) is 0 Å². The van der Waals surface area contributed by atoms with Crippen molar-refractivity contribution < 1.29 is 19.6 Å². The van der Waals surface area contributed by atoms with Gasteiger partial charge >= 0.3 is 0 Å². The lowest BCUT2D eigenvalue weighted by atomic mass is 9.94. The van der Waals surface area contributed by atoms with Crippen molar-refractivity contribution in [2.45, 2.75) is 26.8 Å².